The fourth-order valence-corrected chi connectivity index (χ4v) is 2.89. The molecule has 0 atom stereocenters. The molecule has 2 aromatic rings. The summed E-state index contributed by atoms with van der Waals surface area (Å²) < 4.78 is 4.99. The van der Waals surface area contributed by atoms with Crippen molar-refractivity contribution in [3.8, 4) is 0 Å². The van der Waals surface area contributed by atoms with Gasteiger partial charge in [0.2, 0.25) is 0 Å². The Hall–Kier alpha value is -2.58. The maximum absolute atomic E-state index is 12.3. The third-order valence-corrected chi connectivity index (χ3v) is 4.42. The zero-order valence-electron chi connectivity index (χ0n) is 14.5. The minimum Gasteiger partial charge on any atom is -0.452 e. The Balaban J connectivity index is 1.95. The third-order valence-electron chi connectivity index (χ3n) is 3.14. The standard InChI is InChI=1S/C18H18ClN3O4S/c1-2-9-21-18(25)22-15(23)11-26-17(24)14-4-3-10-20-16(14)27-13-7-5-12(19)6-8-13/h3-8,10H,2,9,11H2,1H3,(H2,21,22,23,25). The van der Waals surface area contributed by atoms with Crippen LogP contribution < -0.4 is 10.6 Å². The molecule has 0 fully saturated rings. The summed E-state index contributed by atoms with van der Waals surface area (Å²) in [5.41, 5.74) is 0.223. The number of nitrogens with one attached hydrogen (secondary N) is 2. The first-order valence-corrected chi connectivity index (χ1v) is 9.32. The number of imide groups is 1. The molecule has 0 saturated carbocycles. The van der Waals surface area contributed by atoms with E-state index in [4.69, 9.17) is 16.3 Å². The molecular weight excluding hydrogens is 390 g/mol. The molecule has 0 saturated heterocycles. The highest BCUT2D eigenvalue weighted by Gasteiger charge is 2.17. The summed E-state index contributed by atoms with van der Waals surface area (Å²) in [6.07, 6.45) is 2.30. The number of halogens is 1. The molecule has 0 aliphatic rings. The van der Waals surface area contributed by atoms with Gasteiger partial charge in [-0.2, -0.15) is 0 Å². The second kappa shape index (κ2) is 10.5. The molecule has 0 spiro atoms. The smallest absolute Gasteiger partial charge is 0.341 e. The van der Waals surface area contributed by atoms with E-state index in [9.17, 15) is 14.4 Å². The van der Waals surface area contributed by atoms with E-state index in [0.29, 0.717) is 16.6 Å². The number of aromatic nitrogens is 1. The minimum atomic E-state index is -0.715. The first kappa shape index (κ1) is 20.7. The third kappa shape index (κ3) is 6.92. The van der Waals surface area contributed by atoms with Gasteiger partial charge in [0.15, 0.2) is 6.61 Å². The molecule has 0 aliphatic heterocycles. The second-order valence-corrected chi connectivity index (χ2v) is 6.79. The number of benzene rings is 1. The van der Waals surface area contributed by atoms with Crippen LogP contribution in [0.5, 0.6) is 0 Å². The first-order valence-electron chi connectivity index (χ1n) is 8.13. The number of esters is 1. The van der Waals surface area contributed by atoms with Crippen LogP contribution in [0.3, 0.4) is 0 Å². The zero-order valence-corrected chi connectivity index (χ0v) is 16.1. The lowest BCUT2D eigenvalue weighted by atomic mass is 10.3. The van der Waals surface area contributed by atoms with E-state index in [2.05, 4.69) is 15.6 Å². The molecule has 7 nitrogen and oxygen atoms in total. The summed E-state index contributed by atoms with van der Waals surface area (Å²) in [4.78, 5) is 40.4. The molecule has 142 valence electrons. The number of nitrogens with zero attached hydrogens (tertiary/aromatic N) is 1. The number of amides is 3. The maximum Gasteiger partial charge on any atom is 0.341 e. The summed E-state index contributed by atoms with van der Waals surface area (Å²) in [5, 5.41) is 5.61. The van der Waals surface area contributed by atoms with E-state index in [0.717, 1.165) is 11.3 Å². The molecule has 1 aromatic carbocycles. The van der Waals surface area contributed by atoms with Crippen LogP contribution >= 0.6 is 23.4 Å². The molecule has 2 rings (SSSR count). The molecule has 27 heavy (non-hydrogen) atoms. The lowest BCUT2D eigenvalue weighted by molar-refractivity contribution is -0.123. The molecular formula is C18H18ClN3O4S. The van der Waals surface area contributed by atoms with E-state index in [1.807, 2.05) is 6.92 Å². The van der Waals surface area contributed by atoms with E-state index in [1.54, 1.807) is 42.6 Å². The monoisotopic (exact) mass is 407 g/mol. The average Bonchev–Trinajstić information content (AvgIpc) is 2.66. The minimum absolute atomic E-state index is 0.223. The van der Waals surface area contributed by atoms with Crippen LogP contribution in [0.4, 0.5) is 4.79 Å². The van der Waals surface area contributed by atoms with Gasteiger partial charge < -0.3 is 10.1 Å². The van der Waals surface area contributed by atoms with Gasteiger partial charge in [-0.05, 0) is 42.8 Å². The fourth-order valence-electron chi connectivity index (χ4n) is 1.90. The van der Waals surface area contributed by atoms with Crippen molar-refractivity contribution in [2.75, 3.05) is 13.2 Å². The highest BCUT2D eigenvalue weighted by Crippen LogP contribution is 2.29. The van der Waals surface area contributed by atoms with Crippen LogP contribution in [0.1, 0.15) is 23.7 Å². The molecule has 0 bridgehead atoms. The second-order valence-electron chi connectivity index (χ2n) is 5.29. The molecule has 2 N–H and O–H groups in total. The predicted molar refractivity (Wildman–Crippen MR) is 102 cm³/mol. The van der Waals surface area contributed by atoms with Crippen LogP contribution in [-0.2, 0) is 9.53 Å². The van der Waals surface area contributed by atoms with Crippen molar-refractivity contribution in [1.82, 2.24) is 15.6 Å². The summed E-state index contributed by atoms with van der Waals surface area (Å²) in [6.45, 7) is 1.76. The van der Waals surface area contributed by atoms with Gasteiger partial charge in [0.25, 0.3) is 5.91 Å². The lowest BCUT2D eigenvalue weighted by Gasteiger charge is -2.09. The van der Waals surface area contributed by atoms with Crippen molar-refractivity contribution in [1.29, 1.82) is 0 Å². The number of rotatable bonds is 7. The van der Waals surface area contributed by atoms with Crippen molar-refractivity contribution >= 4 is 41.3 Å². The Morgan fingerprint density at radius 1 is 1.19 bits per heavy atom. The van der Waals surface area contributed by atoms with E-state index in [1.165, 1.54) is 11.8 Å². The largest absolute Gasteiger partial charge is 0.452 e. The maximum atomic E-state index is 12.3. The Labute approximate surface area is 165 Å². The first-order chi connectivity index (χ1) is 13.0. The highest BCUT2D eigenvalue weighted by atomic mass is 35.5. The predicted octanol–water partition coefficient (Wildman–Crippen LogP) is 3.28. The molecule has 0 unspecified atom stereocenters. The highest BCUT2D eigenvalue weighted by molar-refractivity contribution is 7.99. The number of urea groups is 1. The van der Waals surface area contributed by atoms with E-state index in [-0.39, 0.29) is 5.56 Å². The molecule has 0 aliphatic carbocycles. The van der Waals surface area contributed by atoms with Gasteiger partial charge in [-0.1, -0.05) is 30.3 Å². The van der Waals surface area contributed by atoms with Crippen LogP contribution in [-0.4, -0.2) is 36.0 Å². The lowest BCUT2D eigenvalue weighted by Crippen LogP contribution is -2.41. The van der Waals surface area contributed by atoms with Gasteiger partial charge in [-0.3, -0.25) is 10.1 Å². The van der Waals surface area contributed by atoms with E-state index < -0.39 is 24.5 Å². The van der Waals surface area contributed by atoms with Gasteiger partial charge in [0, 0.05) is 22.7 Å². The molecule has 3 amide bonds. The Morgan fingerprint density at radius 2 is 1.93 bits per heavy atom. The van der Waals surface area contributed by atoms with Gasteiger partial charge in [-0.15, -0.1) is 0 Å². The fraction of sp³-hybridized carbons (Fsp3) is 0.222. The molecule has 1 heterocycles. The molecule has 0 radical (unpaired) electrons. The Morgan fingerprint density at radius 3 is 2.63 bits per heavy atom. The number of carbonyl (C=O) groups excluding carboxylic acids is 3. The SMILES string of the molecule is CCCNC(=O)NC(=O)COC(=O)c1cccnc1Sc1ccc(Cl)cc1. The van der Waals surface area contributed by atoms with Crippen molar-refractivity contribution in [2.24, 2.45) is 0 Å². The Kier molecular flexibility index (Phi) is 8.09. The zero-order chi connectivity index (χ0) is 19.6. The molecule has 9 heteroatoms. The van der Waals surface area contributed by atoms with Crippen molar-refractivity contribution in [2.45, 2.75) is 23.3 Å². The van der Waals surface area contributed by atoms with Gasteiger partial charge in [0.1, 0.15) is 5.03 Å². The van der Waals surface area contributed by atoms with Gasteiger partial charge in [0.05, 0.1) is 5.56 Å². The summed E-state index contributed by atoms with van der Waals surface area (Å²) >= 11 is 7.14. The average molecular weight is 408 g/mol. The van der Waals surface area contributed by atoms with Gasteiger partial charge in [-0.25, -0.2) is 14.6 Å². The van der Waals surface area contributed by atoms with Crippen LogP contribution in [0.15, 0.2) is 52.5 Å². The summed E-state index contributed by atoms with van der Waals surface area (Å²) in [6, 6.07) is 9.61. The van der Waals surface area contributed by atoms with Crippen LogP contribution in [0.25, 0.3) is 0 Å². The Bertz CT molecular complexity index is 815. The topological polar surface area (TPSA) is 97.4 Å². The summed E-state index contributed by atoms with van der Waals surface area (Å²) in [5.74, 6) is -1.42. The number of carbonyl (C=O) groups is 3. The van der Waals surface area contributed by atoms with Crippen molar-refractivity contribution in [3.63, 3.8) is 0 Å². The number of hydrogen-bond donors (Lipinski definition) is 2. The van der Waals surface area contributed by atoms with Crippen molar-refractivity contribution in [3.05, 3.63) is 53.2 Å². The van der Waals surface area contributed by atoms with Crippen molar-refractivity contribution < 1.29 is 19.1 Å². The van der Waals surface area contributed by atoms with Crippen LogP contribution in [0, 0.1) is 0 Å². The number of pyridine rings is 1. The normalized spacial score (nSPS) is 10.1. The number of ether oxygens (including phenoxy) is 1. The number of hydrogen-bond acceptors (Lipinski definition) is 6. The molecule has 1 aromatic heterocycles. The summed E-state index contributed by atoms with van der Waals surface area (Å²) in [7, 11) is 0. The quantitative estimate of drug-likeness (QED) is 0.683. The van der Waals surface area contributed by atoms with Crippen LogP contribution in [0.2, 0.25) is 5.02 Å². The van der Waals surface area contributed by atoms with Gasteiger partial charge >= 0.3 is 12.0 Å². The van der Waals surface area contributed by atoms with E-state index >= 15 is 0 Å².